The number of carbonyl (C=O) groups excluding carboxylic acids is 1. The fourth-order valence-corrected chi connectivity index (χ4v) is 3.29. The van der Waals surface area contributed by atoms with E-state index in [1.807, 2.05) is 35.1 Å². The van der Waals surface area contributed by atoms with E-state index in [0.29, 0.717) is 35.2 Å². The molecule has 0 aliphatic rings. The van der Waals surface area contributed by atoms with E-state index in [1.165, 1.54) is 0 Å². The number of fused-ring (bicyclic) bond motifs is 1. The lowest BCUT2D eigenvalue weighted by Crippen LogP contribution is -2.22. The Morgan fingerprint density at radius 1 is 1.00 bits per heavy atom. The summed E-state index contributed by atoms with van der Waals surface area (Å²) in [5.74, 6) is -0.150. The predicted octanol–water partition coefficient (Wildman–Crippen LogP) is 4.17. The van der Waals surface area contributed by atoms with E-state index >= 15 is 0 Å². The molecule has 28 heavy (non-hydrogen) atoms. The van der Waals surface area contributed by atoms with E-state index in [9.17, 15) is 4.79 Å². The van der Waals surface area contributed by atoms with Gasteiger partial charge in [0.15, 0.2) is 0 Å². The minimum atomic E-state index is -0.150. The highest BCUT2D eigenvalue weighted by Gasteiger charge is 2.09. The minimum absolute atomic E-state index is 0.150. The second kappa shape index (κ2) is 8.04. The smallest absolute Gasteiger partial charge is 0.251 e. The van der Waals surface area contributed by atoms with E-state index in [2.05, 4.69) is 15.5 Å². The minimum Gasteiger partial charge on any atom is -0.348 e. The quantitative estimate of drug-likeness (QED) is 0.515. The summed E-state index contributed by atoms with van der Waals surface area (Å²) in [6.45, 7) is 1.73. The van der Waals surface area contributed by atoms with Crippen molar-refractivity contribution in [2.75, 3.05) is 0 Å². The number of aryl methyl sites for hydroxylation is 2. The van der Waals surface area contributed by atoms with Crippen molar-refractivity contribution in [1.29, 1.82) is 0 Å². The first-order valence-corrected chi connectivity index (χ1v) is 9.50. The Bertz CT molecular complexity index is 1130. The number of hydrogen-bond acceptors (Lipinski definition) is 3. The molecule has 1 N–H and O–H groups in total. The van der Waals surface area contributed by atoms with E-state index in [4.69, 9.17) is 23.2 Å². The van der Waals surface area contributed by atoms with Crippen LogP contribution in [0.2, 0.25) is 10.0 Å². The Labute approximate surface area is 171 Å². The van der Waals surface area contributed by atoms with Gasteiger partial charge in [-0.1, -0.05) is 41.4 Å². The van der Waals surface area contributed by atoms with Crippen molar-refractivity contribution in [1.82, 2.24) is 24.9 Å². The molecule has 2 aromatic carbocycles. The molecular weight excluding hydrogens is 397 g/mol. The predicted molar refractivity (Wildman–Crippen MR) is 110 cm³/mol. The Morgan fingerprint density at radius 3 is 2.64 bits per heavy atom. The van der Waals surface area contributed by atoms with Gasteiger partial charge in [-0.05, 0) is 29.8 Å². The summed E-state index contributed by atoms with van der Waals surface area (Å²) in [5, 5.41) is 13.9. The Kier molecular flexibility index (Phi) is 5.32. The van der Waals surface area contributed by atoms with Crippen LogP contribution in [0, 0.1) is 0 Å². The fourth-order valence-electron chi connectivity index (χ4n) is 2.92. The van der Waals surface area contributed by atoms with Gasteiger partial charge < -0.3 is 5.32 Å². The number of carbonyl (C=O) groups is 1. The summed E-state index contributed by atoms with van der Waals surface area (Å²) in [5.41, 5.74) is 2.29. The van der Waals surface area contributed by atoms with Crippen LogP contribution in [0.3, 0.4) is 0 Å². The van der Waals surface area contributed by atoms with Crippen molar-refractivity contribution in [3.63, 3.8) is 0 Å². The molecular formula is C20H17Cl2N5O. The highest BCUT2D eigenvalue weighted by atomic mass is 35.5. The maximum atomic E-state index is 12.5. The number of aromatic nitrogens is 4. The van der Waals surface area contributed by atoms with Crippen molar-refractivity contribution in [2.45, 2.75) is 19.6 Å². The summed E-state index contributed by atoms with van der Waals surface area (Å²) in [6, 6.07) is 12.9. The molecule has 2 aromatic heterocycles. The van der Waals surface area contributed by atoms with Gasteiger partial charge in [0.2, 0.25) is 0 Å². The zero-order valence-electron chi connectivity index (χ0n) is 14.8. The molecule has 0 radical (unpaired) electrons. The van der Waals surface area contributed by atoms with Crippen LogP contribution < -0.4 is 5.32 Å². The summed E-state index contributed by atoms with van der Waals surface area (Å²) < 4.78 is 3.61. The van der Waals surface area contributed by atoms with Crippen molar-refractivity contribution in [2.24, 2.45) is 0 Å². The first-order valence-electron chi connectivity index (χ1n) is 8.75. The molecule has 4 rings (SSSR count). The number of amides is 1. The van der Waals surface area contributed by atoms with E-state index in [0.717, 1.165) is 16.5 Å². The number of benzene rings is 2. The van der Waals surface area contributed by atoms with Gasteiger partial charge in [-0.25, -0.2) is 0 Å². The van der Waals surface area contributed by atoms with Gasteiger partial charge >= 0.3 is 0 Å². The topological polar surface area (TPSA) is 64.7 Å². The Balaban J connectivity index is 1.42. The zero-order valence-corrected chi connectivity index (χ0v) is 16.4. The standard InChI is InChI=1S/C20H17Cl2N5O/c21-17-3-1-2-14(8-17)10-23-20(28)15-4-5-16-12-27(25-19(16)9-15)7-6-26-13-18(22)11-24-26/h1-5,8-9,11-13H,6-7,10H2,(H,23,28). The van der Waals surface area contributed by atoms with Gasteiger partial charge in [0.05, 0.1) is 29.8 Å². The molecule has 0 fully saturated rings. The lowest BCUT2D eigenvalue weighted by atomic mass is 10.1. The number of halogens is 2. The highest BCUT2D eigenvalue weighted by molar-refractivity contribution is 6.30. The Morgan fingerprint density at radius 2 is 1.86 bits per heavy atom. The van der Waals surface area contributed by atoms with E-state index in [1.54, 1.807) is 35.3 Å². The van der Waals surface area contributed by atoms with Gasteiger partial charge in [-0.15, -0.1) is 0 Å². The second-order valence-corrected chi connectivity index (χ2v) is 7.27. The summed E-state index contributed by atoms with van der Waals surface area (Å²) in [6.07, 6.45) is 5.33. The lowest BCUT2D eigenvalue weighted by Gasteiger charge is -2.06. The third-order valence-electron chi connectivity index (χ3n) is 4.32. The van der Waals surface area contributed by atoms with Crippen LogP contribution in [-0.4, -0.2) is 25.5 Å². The SMILES string of the molecule is O=C(NCc1cccc(Cl)c1)c1ccc2cn(CCn3cc(Cl)cn3)nc2c1. The molecule has 0 atom stereocenters. The van der Waals surface area contributed by atoms with Crippen LogP contribution in [0.5, 0.6) is 0 Å². The van der Waals surface area contributed by atoms with Crippen LogP contribution in [0.25, 0.3) is 10.9 Å². The molecule has 0 saturated carbocycles. The summed E-state index contributed by atoms with van der Waals surface area (Å²) >= 11 is 11.9. The maximum absolute atomic E-state index is 12.5. The van der Waals surface area contributed by atoms with Crippen LogP contribution in [0.1, 0.15) is 15.9 Å². The molecule has 0 spiro atoms. The van der Waals surface area contributed by atoms with Gasteiger partial charge in [-0.3, -0.25) is 14.2 Å². The fraction of sp³-hybridized carbons (Fsp3) is 0.150. The second-order valence-electron chi connectivity index (χ2n) is 6.40. The first-order chi connectivity index (χ1) is 13.6. The number of rotatable bonds is 6. The summed E-state index contributed by atoms with van der Waals surface area (Å²) in [7, 11) is 0. The molecule has 0 bridgehead atoms. The molecule has 0 unspecified atom stereocenters. The number of nitrogens with one attached hydrogen (secondary N) is 1. The largest absolute Gasteiger partial charge is 0.348 e. The highest BCUT2D eigenvalue weighted by Crippen LogP contribution is 2.16. The summed E-state index contributed by atoms with van der Waals surface area (Å²) in [4.78, 5) is 12.5. The monoisotopic (exact) mass is 413 g/mol. The molecule has 6 nitrogen and oxygen atoms in total. The van der Waals surface area contributed by atoms with Gasteiger partial charge in [-0.2, -0.15) is 10.2 Å². The van der Waals surface area contributed by atoms with Crippen LogP contribution in [-0.2, 0) is 19.6 Å². The maximum Gasteiger partial charge on any atom is 0.251 e. The van der Waals surface area contributed by atoms with Gasteiger partial charge in [0.25, 0.3) is 5.91 Å². The zero-order chi connectivity index (χ0) is 19.5. The molecule has 0 aliphatic carbocycles. The van der Waals surface area contributed by atoms with Crippen LogP contribution >= 0.6 is 23.2 Å². The van der Waals surface area contributed by atoms with Crippen LogP contribution in [0.4, 0.5) is 0 Å². The number of hydrogen-bond donors (Lipinski definition) is 1. The van der Waals surface area contributed by atoms with Crippen LogP contribution in [0.15, 0.2) is 61.1 Å². The van der Waals surface area contributed by atoms with Gasteiger partial charge in [0.1, 0.15) is 0 Å². The average Bonchev–Trinajstić information content (AvgIpc) is 3.29. The molecule has 0 aliphatic heterocycles. The first kappa shape index (κ1) is 18.5. The molecule has 0 saturated heterocycles. The molecule has 2 heterocycles. The lowest BCUT2D eigenvalue weighted by molar-refractivity contribution is 0.0951. The Hall–Kier alpha value is -2.83. The van der Waals surface area contributed by atoms with E-state index < -0.39 is 0 Å². The normalized spacial score (nSPS) is 11.1. The third-order valence-corrected chi connectivity index (χ3v) is 4.75. The van der Waals surface area contributed by atoms with Crippen molar-refractivity contribution < 1.29 is 4.79 Å². The van der Waals surface area contributed by atoms with Crippen molar-refractivity contribution >= 4 is 40.0 Å². The van der Waals surface area contributed by atoms with Gasteiger partial charge in [0, 0.05) is 34.9 Å². The third kappa shape index (κ3) is 4.35. The average molecular weight is 414 g/mol. The number of nitrogens with zero attached hydrogens (tertiary/aromatic N) is 4. The molecule has 142 valence electrons. The van der Waals surface area contributed by atoms with Crippen molar-refractivity contribution in [3.05, 3.63) is 82.2 Å². The molecule has 1 amide bonds. The van der Waals surface area contributed by atoms with E-state index in [-0.39, 0.29) is 5.91 Å². The molecule has 8 heteroatoms. The molecule has 4 aromatic rings. The van der Waals surface area contributed by atoms with Crippen molar-refractivity contribution in [3.8, 4) is 0 Å².